The minimum Gasteiger partial charge on any atom is -0.507 e. The average Bonchev–Trinajstić information content (AvgIpc) is 3.01. The summed E-state index contributed by atoms with van der Waals surface area (Å²) in [5.74, 6) is 0.203. The van der Waals surface area contributed by atoms with Crippen LogP contribution >= 0.6 is 11.3 Å². The van der Waals surface area contributed by atoms with Crippen molar-refractivity contribution in [3.05, 3.63) is 46.2 Å². The summed E-state index contributed by atoms with van der Waals surface area (Å²) in [5.41, 5.74) is 0.229. The summed E-state index contributed by atoms with van der Waals surface area (Å²) < 4.78 is 5.10. The Hall–Kier alpha value is -2.01. The lowest BCUT2D eigenvalue weighted by Crippen LogP contribution is -2.28. The fourth-order valence-corrected chi connectivity index (χ4v) is 2.94. The first-order valence-electron chi connectivity index (χ1n) is 6.87. The summed E-state index contributed by atoms with van der Waals surface area (Å²) in [6.45, 7) is 2.08. The Morgan fingerprint density at radius 1 is 1.43 bits per heavy atom. The maximum absolute atomic E-state index is 12.4. The van der Waals surface area contributed by atoms with Gasteiger partial charge in [-0.15, -0.1) is 11.3 Å². The number of ether oxygens (including phenoxy) is 1. The molecule has 2 rings (SSSR count). The second-order valence-electron chi connectivity index (χ2n) is 4.71. The van der Waals surface area contributed by atoms with E-state index in [1.54, 1.807) is 23.5 Å². The number of rotatable bonds is 6. The van der Waals surface area contributed by atoms with Gasteiger partial charge in [0.1, 0.15) is 11.5 Å². The second-order valence-corrected chi connectivity index (χ2v) is 5.69. The highest BCUT2D eigenvalue weighted by atomic mass is 32.1. The second kappa shape index (κ2) is 7.13. The van der Waals surface area contributed by atoms with Crippen molar-refractivity contribution in [2.24, 2.45) is 0 Å². The van der Waals surface area contributed by atoms with E-state index in [1.165, 1.54) is 13.2 Å². The predicted molar refractivity (Wildman–Crippen MR) is 84.1 cm³/mol. The van der Waals surface area contributed by atoms with E-state index in [0.29, 0.717) is 5.75 Å². The van der Waals surface area contributed by atoms with Crippen LogP contribution in [0.15, 0.2) is 35.7 Å². The van der Waals surface area contributed by atoms with Crippen LogP contribution in [0.25, 0.3) is 0 Å². The summed E-state index contributed by atoms with van der Waals surface area (Å²) >= 11 is 1.62. The summed E-state index contributed by atoms with van der Waals surface area (Å²) in [5, 5.41) is 14.8. The zero-order chi connectivity index (χ0) is 15.2. The molecule has 1 atom stereocenters. The van der Waals surface area contributed by atoms with Gasteiger partial charge in [-0.1, -0.05) is 19.4 Å². The third kappa shape index (κ3) is 3.76. The molecule has 0 aliphatic carbocycles. The van der Waals surface area contributed by atoms with E-state index in [1.807, 2.05) is 17.5 Å². The van der Waals surface area contributed by atoms with Crippen LogP contribution in [0.2, 0.25) is 0 Å². The maximum atomic E-state index is 12.4. The van der Waals surface area contributed by atoms with Crippen LogP contribution in [-0.2, 0) is 0 Å². The van der Waals surface area contributed by atoms with E-state index in [4.69, 9.17) is 4.74 Å². The lowest BCUT2D eigenvalue weighted by atomic mass is 10.1. The summed E-state index contributed by atoms with van der Waals surface area (Å²) in [6.07, 6.45) is 1.82. The van der Waals surface area contributed by atoms with Gasteiger partial charge in [-0.3, -0.25) is 4.79 Å². The molecule has 4 nitrogen and oxygen atoms in total. The minimum absolute atomic E-state index is 0.0342. The van der Waals surface area contributed by atoms with Crippen molar-refractivity contribution in [1.29, 1.82) is 0 Å². The average molecular weight is 305 g/mol. The number of hydrogen-bond acceptors (Lipinski definition) is 4. The van der Waals surface area contributed by atoms with Crippen LogP contribution in [0.5, 0.6) is 11.5 Å². The fraction of sp³-hybridized carbons (Fsp3) is 0.312. The molecule has 1 aromatic carbocycles. The number of benzene rings is 1. The highest BCUT2D eigenvalue weighted by Crippen LogP contribution is 2.26. The number of carbonyl (C=O) groups excluding carboxylic acids is 1. The quantitative estimate of drug-likeness (QED) is 0.855. The molecule has 0 fully saturated rings. The van der Waals surface area contributed by atoms with Crippen molar-refractivity contribution in [1.82, 2.24) is 5.32 Å². The Labute approximate surface area is 128 Å². The van der Waals surface area contributed by atoms with E-state index in [0.717, 1.165) is 17.7 Å². The van der Waals surface area contributed by atoms with E-state index in [2.05, 4.69) is 12.2 Å². The van der Waals surface area contributed by atoms with Gasteiger partial charge < -0.3 is 15.2 Å². The molecule has 1 amide bonds. The molecule has 0 aliphatic rings. The molecule has 0 saturated carbocycles. The zero-order valence-corrected chi connectivity index (χ0v) is 12.9. The number of thiophene rings is 1. The molecule has 1 aromatic heterocycles. The highest BCUT2D eigenvalue weighted by molar-refractivity contribution is 7.10. The molecule has 5 heteroatoms. The molecule has 2 N–H and O–H groups in total. The third-order valence-corrected chi connectivity index (χ3v) is 4.20. The first-order valence-corrected chi connectivity index (χ1v) is 7.75. The third-order valence-electron chi connectivity index (χ3n) is 3.22. The van der Waals surface area contributed by atoms with Gasteiger partial charge in [0.2, 0.25) is 0 Å². The van der Waals surface area contributed by atoms with Gasteiger partial charge in [0.15, 0.2) is 0 Å². The van der Waals surface area contributed by atoms with Crippen molar-refractivity contribution >= 4 is 17.2 Å². The van der Waals surface area contributed by atoms with Crippen LogP contribution in [0.1, 0.15) is 41.0 Å². The molecule has 21 heavy (non-hydrogen) atoms. The van der Waals surface area contributed by atoms with Crippen LogP contribution < -0.4 is 10.1 Å². The SMILES string of the molecule is CCCC(NC(=O)c1cc(OC)ccc1O)c1cccs1. The molecule has 0 spiro atoms. The van der Waals surface area contributed by atoms with Gasteiger partial charge in [-0.25, -0.2) is 0 Å². The van der Waals surface area contributed by atoms with Crippen molar-refractivity contribution in [2.45, 2.75) is 25.8 Å². The van der Waals surface area contributed by atoms with Crippen LogP contribution in [0.3, 0.4) is 0 Å². The lowest BCUT2D eigenvalue weighted by Gasteiger charge is -2.17. The summed E-state index contributed by atoms with van der Waals surface area (Å²) in [7, 11) is 1.53. The molecular formula is C16H19NO3S. The van der Waals surface area contributed by atoms with Gasteiger partial charge in [0.05, 0.1) is 18.7 Å². The normalized spacial score (nSPS) is 11.9. The fourth-order valence-electron chi connectivity index (χ4n) is 2.12. The molecule has 0 radical (unpaired) electrons. The molecule has 0 bridgehead atoms. The number of nitrogens with one attached hydrogen (secondary N) is 1. The Morgan fingerprint density at radius 3 is 2.86 bits per heavy atom. The van der Waals surface area contributed by atoms with E-state index < -0.39 is 0 Å². The Balaban J connectivity index is 2.19. The Kier molecular flexibility index (Phi) is 5.22. The van der Waals surface area contributed by atoms with Crippen molar-refractivity contribution in [3.8, 4) is 11.5 Å². The van der Waals surface area contributed by atoms with Crippen LogP contribution in [0, 0.1) is 0 Å². The molecule has 1 heterocycles. The Bertz CT molecular complexity index is 596. The lowest BCUT2D eigenvalue weighted by molar-refractivity contribution is 0.0932. The van der Waals surface area contributed by atoms with E-state index >= 15 is 0 Å². The summed E-state index contributed by atoms with van der Waals surface area (Å²) in [6, 6.07) is 8.58. The molecule has 0 aliphatic heterocycles. The minimum atomic E-state index is -0.293. The van der Waals surface area contributed by atoms with Gasteiger partial charge >= 0.3 is 0 Å². The number of phenolic OH excluding ortho intramolecular Hbond substituents is 1. The zero-order valence-electron chi connectivity index (χ0n) is 12.1. The van der Waals surface area contributed by atoms with Gasteiger partial charge in [-0.2, -0.15) is 0 Å². The standard InChI is InChI=1S/C16H19NO3S/c1-3-5-13(15-6-4-9-21-15)17-16(19)12-10-11(20-2)7-8-14(12)18/h4,6-10,13,18H,3,5H2,1-2H3,(H,17,19). The van der Waals surface area contributed by atoms with E-state index in [9.17, 15) is 9.90 Å². The summed E-state index contributed by atoms with van der Waals surface area (Å²) in [4.78, 5) is 13.5. The molecule has 0 saturated heterocycles. The topological polar surface area (TPSA) is 58.6 Å². The van der Waals surface area contributed by atoms with Gasteiger partial charge in [-0.05, 0) is 36.1 Å². The predicted octanol–water partition coefficient (Wildman–Crippen LogP) is 3.73. The number of phenols is 1. The largest absolute Gasteiger partial charge is 0.507 e. The van der Waals surface area contributed by atoms with Gasteiger partial charge in [0.25, 0.3) is 5.91 Å². The van der Waals surface area contributed by atoms with Crippen molar-refractivity contribution in [3.63, 3.8) is 0 Å². The van der Waals surface area contributed by atoms with Crippen molar-refractivity contribution in [2.75, 3.05) is 7.11 Å². The van der Waals surface area contributed by atoms with Crippen LogP contribution in [0.4, 0.5) is 0 Å². The molecular weight excluding hydrogens is 286 g/mol. The monoisotopic (exact) mass is 305 g/mol. The Morgan fingerprint density at radius 2 is 2.24 bits per heavy atom. The smallest absolute Gasteiger partial charge is 0.255 e. The molecule has 112 valence electrons. The number of amides is 1. The first kappa shape index (κ1) is 15.4. The first-order chi connectivity index (χ1) is 10.2. The van der Waals surface area contributed by atoms with Gasteiger partial charge in [0, 0.05) is 4.88 Å². The van der Waals surface area contributed by atoms with Crippen LogP contribution in [-0.4, -0.2) is 18.1 Å². The number of carbonyl (C=O) groups is 1. The maximum Gasteiger partial charge on any atom is 0.255 e. The van der Waals surface area contributed by atoms with E-state index in [-0.39, 0.29) is 23.3 Å². The number of aromatic hydroxyl groups is 1. The number of methoxy groups -OCH3 is 1. The van der Waals surface area contributed by atoms with Crippen molar-refractivity contribution < 1.29 is 14.6 Å². The highest BCUT2D eigenvalue weighted by Gasteiger charge is 2.18. The molecule has 2 aromatic rings. The number of hydrogen-bond donors (Lipinski definition) is 2. The molecule has 1 unspecified atom stereocenters.